The molecule has 4 aromatic heterocycles. The normalized spacial score (nSPS) is 15.3. The number of allylic oxidation sites excluding steroid dienone is 6. The number of Topliss-reactive ketones (excluding diaryl/α,β-unsaturated/α-hetero) is 2. The molecular weight excluding hydrogens is 1640 g/mol. The number of fused-ring (bicyclic) bond motifs is 12. The second-order valence-electron chi connectivity index (χ2n) is 34.3. The number of hydrogen-bond donors (Lipinski definition) is 0. The van der Waals surface area contributed by atoms with Crippen LogP contribution in [0.4, 0.5) is 0 Å². The van der Waals surface area contributed by atoms with Gasteiger partial charge in [-0.3, -0.25) is 9.59 Å². The lowest BCUT2D eigenvalue weighted by atomic mass is 9.66. The van der Waals surface area contributed by atoms with E-state index in [-0.39, 0.29) is 44.2 Å². The van der Waals surface area contributed by atoms with E-state index in [4.69, 9.17) is 45.8 Å². The topological polar surface area (TPSA) is 109 Å². The molecule has 0 amide bonds. The van der Waals surface area contributed by atoms with E-state index in [1.54, 1.807) is 57.5 Å². The van der Waals surface area contributed by atoms with Crippen molar-refractivity contribution in [2.75, 3.05) is 13.2 Å². The fraction of sp³-hybridized carbons (Fsp3) is 0.382. The summed E-state index contributed by atoms with van der Waals surface area (Å²) in [5, 5.41) is 24.0. The van der Waals surface area contributed by atoms with Crippen LogP contribution >= 0.6 is 68.5 Å². The fourth-order valence-electron chi connectivity index (χ4n) is 19.6. The molecule has 4 aliphatic carbocycles. The summed E-state index contributed by atoms with van der Waals surface area (Å²) in [5.41, 5.74) is 14.7. The van der Waals surface area contributed by atoms with Crippen molar-refractivity contribution < 1.29 is 19.1 Å². The van der Waals surface area contributed by atoms with Crippen LogP contribution in [0.3, 0.4) is 0 Å². The van der Waals surface area contributed by atoms with Gasteiger partial charge < -0.3 is 9.47 Å². The number of nitriles is 2. The zero-order chi connectivity index (χ0) is 86.4. The number of rotatable bonds is 42. The van der Waals surface area contributed by atoms with Gasteiger partial charge in [0.15, 0.2) is 11.6 Å². The van der Waals surface area contributed by atoms with Gasteiger partial charge in [-0.2, -0.15) is 0 Å². The predicted octanol–water partition coefficient (Wildman–Crippen LogP) is 33.1. The van der Waals surface area contributed by atoms with E-state index >= 15 is 9.59 Å². The van der Waals surface area contributed by atoms with Crippen LogP contribution in [0.2, 0.25) is 10.0 Å². The summed E-state index contributed by atoms with van der Waals surface area (Å²) in [6, 6.07) is 57.7. The maximum atomic E-state index is 15.3. The Morgan fingerprint density at radius 1 is 0.387 bits per heavy atom. The fourth-order valence-corrected chi connectivity index (χ4v) is 25.3. The second-order valence-corrected chi connectivity index (χ2v) is 39.3. The average Bonchev–Trinajstić information content (AvgIpc) is 1.49. The molecular formula is C110H112Cl2N4O4S4. The van der Waals surface area contributed by atoms with Crippen LogP contribution in [-0.4, -0.2) is 24.8 Å². The Kier molecular flexibility index (Phi) is 29.6. The van der Waals surface area contributed by atoms with Crippen LogP contribution in [-0.2, 0) is 36.5 Å². The minimum atomic E-state index is -1.02. The number of unbranched alkanes of at least 4 members (excludes halogenated alkanes) is 22. The third-order valence-electron chi connectivity index (χ3n) is 26.0. The Hall–Kier alpha value is -9.70. The Morgan fingerprint density at radius 2 is 0.702 bits per heavy atom. The van der Waals surface area contributed by atoms with Crippen molar-refractivity contribution in [1.29, 1.82) is 10.5 Å². The molecule has 11 aromatic rings. The van der Waals surface area contributed by atoms with Crippen molar-refractivity contribution in [2.24, 2.45) is 0 Å². The van der Waals surface area contributed by atoms with E-state index in [0.29, 0.717) is 46.6 Å². The Balaban J connectivity index is 1.08. The van der Waals surface area contributed by atoms with Crippen LogP contribution < -0.4 is 9.47 Å². The average molecular weight is 1750 g/mol. The molecule has 0 aliphatic heterocycles. The summed E-state index contributed by atoms with van der Waals surface area (Å²) in [4.78, 5) is 44.0. The lowest BCUT2D eigenvalue weighted by Crippen LogP contribution is -2.29. The third kappa shape index (κ3) is 17.3. The SMILES string of the molecule is [C-]#[N+]/C(C#N)=C1\C(=C\c2cc3c(s2)-c2sc4c(OCCCCCCCC)c5c6c(sc5c(OCCCCCCCC)c4c2C3(c2ccc(CCCCCC)cc2)c2ccc(CCCCCC)cc2)-c2sc(/C=C3\C(=O)c4cc(Cl)c(Cl)cc4\C3=C(\C#N)[N+]#[C-])cc2C6(c2ccc(CCCCCC)cc2)c2ccc(CCCCCC)cc2)C(=O)c2ccccc21. The lowest BCUT2D eigenvalue weighted by Gasteiger charge is -2.35. The van der Waals surface area contributed by atoms with Crippen molar-refractivity contribution in [2.45, 2.75) is 258 Å². The first-order chi connectivity index (χ1) is 60.8. The van der Waals surface area contributed by atoms with E-state index in [9.17, 15) is 10.5 Å². The van der Waals surface area contributed by atoms with Crippen molar-refractivity contribution in [1.82, 2.24) is 0 Å². The summed E-state index contributed by atoms with van der Waals surface area (Å²) in [6.07, 6.45) is 39.0. The molecule has 0 radical (unpaired) electrons. The molecule has 0 saturated carbocycles. The molecule has 7 aromatic carbocycles. The molecule has 634 valence electrons. The molecule has 0 bridgehead atoms. The van der Waals surface area contributed by atoms with E-state index < -0.39 is 10.8 Å². The van der Waals surface area contributed by atoms with Gasteiger partial charge in [0, 0.05) is 65.1 Å². The standard InChI is InChI=1S/C110H112Cl2N4O4S4/c1-9-15-21-27-29-37-61-119-101-95-97-107(103-87(65-79(121-103)63-85-93(91(69-113)115-7)81-43-35-36-44-82(81)99(85)117)109(97,75-53-45-71(46-54-75)39-31-23-17-11-3)76-55-47-72(48-56-76)40-32-24-18-12-4)123-105(95)102(120-62-38-30-28-22-16-10-2)96-98-108(124-106(96)101)104-88(66-80(122-104)64-86-94(92(70-114)116-8)83-67-89(111)90(112)68-84(83)100(86)118)110(98,77-57-49-73(50-58-77)41-33-25-19-13-5)78-59-51-74(52-60-78)42-34-26-20-14-6/h35-36,43-60,63-68H,9-34,37-42,61-62H2,1-6H3/b85-63-,86-64-,93-91-,94-92+. The van der Waals surface area contributed by atoms with Gasteiger partial charge in [-0.05, 0) is 167 Å². The second kappa shape index (κ2) is 41.2. The van der Waals surface area contributed by atoms with Crippen LogP contribution in [0.25, 0.3) is 72.7 Å². The number of nitrogens with zero attached hydrogens (tertiary/aromatic N) is 4. The van der Waals surface area contributed by atoms with Gasteiger partial charge >= 0.3 is 0 Å². The smallest absolute Gasteiger partial charge is 0.270 e. The van der Waals surface area contributed by atoms with E-state index in [0.717, 1.165) is 272 Å². The minimum Gasteiger partial charge on any atom is -0.491 e. The predicted molar refractivity (Wildman–Crippen MR) is 522 cm³/mol. The number of hydrogen-bond acceptors (Lipinski definition) is 10. The van der Waals surface area contributed by atoms with Crippen molar-refractivity contribution in [3.05, 3.63) is 300 Å². The first-order valence-corrected chi connectivity index (χ1v) is 50.0. The number of carbonyl (C=O) groups is 2. The number of carbonyl (C=O) groups excluding carboxylic acids is 2. The minimum absolute atomic E-state index is 0.113. The lowest BCUT2D eigenvalue weighted by molar-refractivity contribution is 0.103. The largest absolute Gasteiger partial charge is 0.491 e. The molecule has 8 nitrogen and oxygen atoms in total. The Morgan fingerprint density at radius 3 is 1.05 bits per heavy atom. The van der Waals surface area contributed by atoms with Crippen LogP contribution in [0.5, 0.6) is 11.5 Å². The molecule has 0 N–H and O–H groups in total. The van der Waals surface area contributed by atoms with E-state index in [1.165, 1.54) is 60.8 Å². The monoisotopic (exact) mass is 1750 g/mol. The van der Waals surface area contributed by atoms with Gasteiger partial charge in [-0.1, -0.05) is 327 Å². The highest BCUT2D eigenvalue weighted by atomic mass is 35.5. The molecule has 0 saturated heterocycles. The van der Waals surface area contributed by atoms with E-state index in [2.05, 4.69) is 173 Å². The molecule has 0 atom stereocenters. The first-order valence-electron chi connectivity index (χ1n) is 46.0. The van der Waals surface area contributed by atoms with Crippen LogP contribution in [0.1, 0.15) is 330 Å². The van der Waals surface area contributed by atoms with E-state index in [1.807, 2.05) is 36.4 Å². The quantitative estimate of drug-likeness (QED) is 0.0163. The Bertz CT molecular complexity index is 5910. The summed E-state index contributed by atoms with van der Waals surface area (Å²) in [6.45, 7) is 31.3. The van der Waals surface area contributed by atoms with Crippen molar-refractivity contribution in [3.63, 3.8) is 0 Å². The van der Waals surface area contributed by atoms with Crippen molar-refractivity contribution >= 4 is 124 Å². The van der Waals surface area contributed by atoms with Gasteiger partial charge in [0.05, 0.1) is 88.3 Å². The highest BCUT2D eigenvalue weighted by Gasteiger charge is 2.55. The molecule has 4 aliphatic rings. The highest BCUT2D eigenvalue weighted by Crippen LogP contribution is 2.71. The molecule has 14 heteroatoms. The number of benzene rings is 7. The maximum absolute atomic E-state index is 15.3. The number of ether oxygens (including phenoxy) is 2. The first kappa shape index (κ1) is 89.1. The number of ketones is 2. The van der Waals surface area contributed by atoms with Gasteiger partial charge in [0.2, 0.25) is 0 Å². The molecule has 4 heterocycles. The zero-order valence-electron chi connectivity index (χ0n) is 72.9. The van der Waals surface area contributed by atoms with Gasteiger partial charge in [0.1, 0.15) is 11.5 Å². The van der Waals surface area contributed by atoms with Crippen molar-refractivity contribution in [3.8, 4) is 43.1 Å². The zero-order valence-corrected chi connectivity index (χ0v) is 77.6. The number of halogens is 2. The van der Waals surface area contributed by atoms with Crippen LogP contribution in [0, 0.1) is 35.8 Å². The Labute approximate surface area is 761 Å². The van der Waals surface area contributed by atoms with Gasteiger partial charge in [0.25, 0.3) is 11.4 Å². The maximum Gasteiger partial charge on any atom is 0.270 e. The number of aryl methyl sites for hydroxylation is 4. The summed E-state index contributed by atoms with van der Waals surface area (Å²) < 4.78 is 18.2. The summed E-state index contributed by atoms with van der Waals surface area (Å²) in [5.74, 6) is 1.13. The van der Waals surface area contributed by atoms with Gasteiger partial charge in [-0.15, -0.1) is 45.3 Å². The molecule has 0 unspecified atom stereocenters. The van der Waals surface area contributed by atoms with Crippen LogP contribution in [0.15, 0.2) is 168 Å². The third-order valence-corrected chi connectivity index (χ3v) is 31.6. The summed E-state index contributed by atoms with van der Waals surface area (Å²) >= 11 is 20.5. The summed E-state index contributed by atoms with van der Waals surface area (Å²) in [7, 11) is 0. The molecule has 15 rings (SSSR count). The highest BCUT2D eigenvalue weighted by molar-refractivity contribution is 7.29. The molecule has 124 heavy (non-hydrogen) atoms. The molecule has 0 spiro atoms. The van der Waals surface area contributed by atoms with Gasteiger partial charge in [-0.25, -0.2) is 20.2 Å². The molecule has 0 fully saturated rings. The number of thiophene rings is 4.